The Bertz CT molecular complexity index is 736. The number of hydrogen-bond acceptors (Lipinski definition) is 5. The molecule has 0 aliphatic carbocycles. The number of nitrogens with two attached hydrogens (primary N) is 1. The first-order valence-electron chi connectivity index (χ1n) is 6.46. The maximum absolute atomic E-state index is 6.12. The van der Waals surface area contributed by atoms with Crippen LogP contribution in [0.4, 0.5) is 11.4 Å². The first-order valence-corrected chi connectivity index (χ1v) is 7.28. The van der Waals surface area contributed by atoms with Gasteiger partial charge in [-0.05, 0) is 37.6 Å². The van der Waals surface area contributed by atoms with Crippen LogP contribution >= 0.6 is 11.3 Å². The molecule has 4 nitrogen and oxygen atoms in total. The van der Waals surface area contributed by atoms with E-state index >= 15 is 0 Å². The summed E-state index contributed by atoms with van der Waals surface area (Å²) in [4.78, 5) is 8.65. The van der Waals surface area contributed by atoms with Gasteiger partial charge < -0.3 is 11.1 Å². The molecule has 1 unspecified atom stereocenters. The second-order valence-corrected chi connectivity index (χ2v) is 6.03. The van der Waals surface area contributed by atoms with E-state index in [1.165, 1.54) is 0 Å². The molecule has 3 rings (SSSR count). The number of rotatable bonds is 3. The van der Waals surface area contributed by atoms with Gasteiger partial charge in [-0.1, -0.05) is 6.07 Å². The summed E-state index contributed by atoms with van der Waals surface area (Å²) in [6.07, 6.45) is 3.63. The largest absolute Gasteiger partial charge is 0.397 e. The summed E-state index contributed by atoms with van der Waals surface area (Å²) in [5.74, 6) is 0. The van der Waals surface area contributed by atoms with Gasteiger partial charge in [0.05, 0.1) is 32.6 Å². The van der Waals surface area contributed by atoms with Crippen molar-refractivity contribution in [1.29, 1.82) is 0 Å². The summed E-state index contributed by atoms with van der Waals surface area (Å²) in [7, 11) is 0. The number of aryl methyl sites for hydroxylation is 1. The van der Waals surface area contributed by atoms with Crippen molar-refractivity contribution in [2.45, 2.75) is 19.9 Å². The Morgan fingerprint density at radius 2 is 2.20 bits per heavy atom. The lowest BCUT2D eigenvalue weighted by Crippen LogP contribution is -2.08. The van der Waals surface area contributed by atoms with Crippen LogP contribution in [0, 0.1) is 6.92 Å². The quantitative estimate of drug-likeness (QED) is 0.719. The molecule has 0 saturated heterocycles. The van der Waals surface area contributed by atoms with E-state index in [1.54, 1.807) is 17.5 Å². The van der Waals surface area contributed by atoms with Crippen LogP contribution < -0.4 is 11.1 Å². The van der Waals surface area contributed by atoms with Crippen molar-refractivity contribution in [1.82, 2.24) is 9.97 Å². The van der Waals surface area contributed by atoms with Gasteiger partial charge in [0.1, 0.15) is 0 Å². The highest BCUT2D eigenvalue weighted by Gasteiger charge is 2.10. The number of anilines is 2. The molecule has 102 valence electrons. The van der Waals surface area contributed by atoms with Crippen LogP contribution in [-0.4, -0.2) is 9.97 Å². The predicted molar refractivity (Wildman–Crippen MR) is 85.0 cm³/mol. The second kappa shape index (κ2) is 5.09. The molecule has 0 bridgehead atoms. The van der Waals surface area contributed by atoms with E-state index in [0.717, 1.165) is 32.2 Å². The first kappa shape index (κ1) is 12.9. The summed E-state index contributed by atoms with van der Waals surface area (Å²) in [5.41, 5.74) is 9.90. The van der Waals surface area contributed by atoms with E-state index in [-0.39, 0.29) is 6.04 Å². The number of nitrogens with one attached hydrogen (secondary N) is 1. The van der Waals surface area contributed by atoms with Crippen molar-refractivity contribution < 1.29 is 0 Å². The number of fused-ring (bicyclic) bond motifs is 1. The third-order valence-corrected chi connectivity index (χ3v) is 4.16. The monoisotopic (exact) mass is 284 g/mol. The molecule has 0 radical (unpaired) electrons. The Hall–Kier alpha value is -2.14. The fourth-order valence-corrected chi connectivity index (χ4v) is 3.04. The average Bonchev–Trinajstić information content (AvgIpc) is 2.79. The molecule has 20 heavy (non-hydrogen) atoms. The van der Waals surface area contributed by atoms with Gasteiger partial charge in [-0.15, -0.1) is 11.3 Å². The number of nitrogen functional groups attached to an aromatic ring is 1. The summed E-state index contributed by atoms with van der Waals surface area (Å²) in [6.45, 7) is 4.10. The van der Waals surface area contributed by atoms with Gasteiger partial charge in [0.2, 0.25) is 0 Å². The zero-order valence-electron chi connectivity index (χ0n) is 11.4. The molecule has 2 aromatic heterocycles. The molecule has 5 heteroatoms. The SMILES string of the molecule is Cc1nc2cc(NC(C)c3cccnc3)c(N)cc2s1. The molecule has 0 amide bonds. The van der Waals surface area contributed by atoms with E-state index < -0.39 is 0 Å². The highest BCUT2D eigenvalue weighted by Crippen LogP contribution is 2.31. The van der Waals surface area contributed by atoms with Crippen molar-refractivity contribution in [3.8, 4) is 0 Å². The fraction of sp³-hybridized carbons (Fsp3) is 0.200. The van der Waals surface area contributed by atoms with Crippen LogP contribution in [0.2, 0.25) is 0 Å². The number of aromatic nitrogens is 2. The molecule has 0 fully saturated rings. The van der Waals surface area contributed by atoms with Gasteiger partial charge in [0.15, 0.2) is 0 Å². The Morgan fingerprint density at radius 1 is 1.35 bits per heavy atom. The normalized spacial score (nSPS) is 12.5. The number of pyridine rings is 1. The van der Waals surface area contributed by atoms with E-state index in [2.05, 4.69) is 22.2 Å². The summed E-state index contributed by atoms with van der Waals surface area (Å²) in [6, 6.07) is 8.12. The molecule has 3 aromatic rings. The third-order valence-electron chi connectivity index (χ3n) is 3.22. The van der Waals surface area contributed by atoms with Gasteiger partial charge in [0, 0.05) is 12.4 Å². The Balaban J connectivity index is 1.92. The van der Waals surface area contributed by atoms with Crippen LogP contribution in [-0.2, 0) is 0 Å². The van der Waals surface area contributed by atoms with Crippen molar-refractivity contribution in [3.63, 3.8) is 0 Å². The summed E-state index contributed by atoms with van der Waals surface area (Å²) in [5, 5.41) is 4.48. The second-order valence-electron chi connectivity index (χ2n) is 4.79. The summed E-state index contributed by atoms with van der Waals surface area (Å²) < 4.78 is 1.12. The van der Waals surface area contributed by atoms with E-state index in [9.17, 15) is 0 Å². The minimum absolute atomic E-state index is 0.142. The van der Waals surface area contributed by atoms with Gasteiger partial charge >= 0.3 is 0 Å². The lowest BCUT2D eigenvalue weighted by Gasteiger charge is -2.16. The fourth-order valence-electron chi connectivity index (χ4n) is 2.18. The van der Waals surface area contributed by atoms with Crippen LogP contribution in [0.5, 0.6) is 0 Å². The lowest BCUT2D eigenvalue weighted by atomic mass is 10.1. The van der Waals surface area contributed by atoms with Gasteiger partial charge in [-0.2, -0.15) is 0 Å². The van der Waals surface area contributed by atoms with Crippen molar-refractivity contribution >= 4 is 32.9 Å². The van der Waals surface area contributed by atoms with Gasteiger partial charge in [-0.3, -0.25) is 4.98 Å². The zero-order chi connectivity index (χ0) is 14.1. The number of hydrogen-bond donors (Lipinski definition) is 2. The molecule has 0 aliphatic rings. The van der Waals surface area contributed by atoms with Crippen LogP contribution in [0.25, 0.3) is 10.2 Å². The molecular formula is C15H16N4S. The molecule has 1 aromatic carbocycles. The van der Waals surface area contributed by atoms with Crippen molar-refractivity contribution in [3.05, 3.63) is 47.2 Å². The maximum Gasteiger partial charge on any atom is 0.0907 e. The maximum atomic E-state index is 6.12. The van der Waals surface area contributed by atoms with Gasteiger partial charge in [0.25, 0.3) is 0 Å². The molecule has 1 atom stereocenters. The van der Waals surface area contributed by atoms with E-state index in [0.29, 0.717) is 0 Å². The molecule has 0 saturated carbocycles. The molecule has 3 N–H and O–H groups in total. The Labute approximate surface area is 121 Å². The number of benzene rings is 1. The molecule has 0 aliphatic heterocycles. The highest BCUT2D eigenvalue weighted by molar-refractivity contribution is 7.18. The van der Waals surface area contributed by atoms with Crippen LogP contribution in [0.1, 0.15) is 23.5 Å². The predicted octanol–water partition coefficient (Wildman–Crippen LogP) is 3.76. The van der Waals surface area contributed by atoms with Crippen LogP contribution in [0.15, 0.2) is 36.7 Å². The van der Waals surface area contributed by atoms with Crippen molar-refractivity contribution in [2.24, 2.45) is 0 Å². The Morgan fingerprint density at radius 3 is 2.95 bits per heavy atom. The standard InChI is InChI=1S/C15H16N4S/c1-9(11-4-3-5-17-8-11)18-13-7-14-15(6-12(13)16)20-10(2)19-14/h3-9,18H,16H2,1-2H3. The molecule has 2 heterocycles. The topological polar surface area (TPSA) is 63.8 Å². The minimum atomic E-state index is 0.142. The third kappa shape index (κ3) is 2.44. The van der Waals surface area contributed by atoms with Gasteiger partial charge in [-0.25, -0.2) is 4.98 Å². The number of thiazole rings is 1. The zero-order valence-corrected chi connectivity index (χ0v) is 12.2. The lowest BCUT2D eigenvalue weighted by molar-refractivity contribution is 0.877. The molecule has 0 spiro atoms. The first-order chi connectivity index (χ1) is 9.63. The Kier molecular flexibility index (Phi) is 3.28. The van der Waals surface area contributed by atoms with E-state index in [1.807, 2.05) is 37.4 Å². The minimum Gasteiger partial charge on any atom is -0.397 e. The number of nitrogens with zero attached hydrogens (tertiary/aromatic N) is 2. The molecular weight excluding hydrogens is 268 g/mol. The van der Waals surface area contributed by atoms with E-state index in [4.69, 9.17) is 5.73 Å². The summed E-state index contributed by atoms with van der Waals surface area (Å²) >= 11 is 1.66. The van der Waals surface area contributed by atoms with Crippen LogP contribution in [0.3, 0.4) is 0 Å². The smallest absolute Gasteiger partial charge is 0.0907 e. The van der Waals surface area contributed by atoms with Crippen molar-refractivity contribution in [2.75, 3.05) is 11.1 Å². The average molecular weight is 284 g/mol. The highest BCUT2D eigenvalue weighted by atomic mass is 32.1.